The predicted molar refractivity (Wildman–Crippen MR) is 65.1 cm³/mol. The van der Waals surface area contributed by atoms with Gasteiger partial charge in [-0.05, 0) is 25.9 Å². The Labute approximate surface area is 103 Å². The third kappa shape index (κ3) is 5.31. The number of hydrogen-bond donors (Lipinski definition) is 1. The molecule has 0 aromatic rings. The van der Waals surface area contributed by atoms with Crippen molar-refractivity contribution in [1.82, 2.24) is 10.2 Å². The summed E-state index contributed by atoms with van der Waals surface area (Å²) >= 11 is 0. The molecule has 5 nitrogen and oxygen atoms in total. The highest BCUT2D eigenvalue weighted by Gasteiger charge is 2.13. The van der Waals surface area contributed by atoms with Crippen molar-refractivity contribution in [3.63, 3.8) is 0 Å². The zero-order valence-electron chi connectivity index (χ0n) is 10.5. The molecular formula is C12H24N2O3. The van der Waals surface area contributed by atoms with Gasteiger partial charge in [-0.15, -0.1) is 0 Å². The topological polar surface area (TPSA) is 43.0 Å². The van der Waals surface area contributed by atoms with Crippen LogP contribution in [0.25, 0.3) is 0 Å². The SMILES string of the molecule is C1COC(CNCCCN2CCOCC2)OC1. The number of morpholine rings is 1. The summed E-state index contributed by atoms with van der Waals surface area (Å²) in [5, 5.41) is 3.39. The summed E-state index contributed by atoms with van der Waals surface area (Å²) in [4.78, 5) is 2.46. The molecule has 0 aliphatic carbocycles. The minimum atomic E-state index is -0.0351. The molecule has 2 saturated heterocycles. The molecule has 0 saturated carbocycles. The van der Waals surface area contributed by atoms with Gasteiger partial charge in [0.1, 0.15) is 0 Å². The monoisotopic (exact) mass is 244 g/mol. The molecule has 0 amide bonds. The molecule has 0 aromatic heterocycles. The van der Waals surface area contributed by atoms with E-state index < -0.39 is 0 Å². The van der Waals surface area contributed by atoms with Crippen LogP contribution in [0.15, 0.2) is 0 Å². The van der Waals surface area contributed by atoms with E-state index in [4.69, 9.17) is 14.2 Å². The van der Waals surface area contributed by atoms with E-state index in [0.29, 0.717) is 0 Å². The molecule has 2 aliphatic rings. The highest BCUT2D eigenvalue weighted by atomic mass is 16.7. The van der Waals surface area contributed by atoms with Gasteiger partial charge in [-0.2, -0.15) is 0 Å². The average molecular weight is 244 g/mol. The fraction of sp³-hybridized carbons (Fsp3) is 1.00. The highest BCUT2D eigenvalue weighted by Crippen LogP contribution is 2.03. The van der Waals surface area contributed by atoms with E-state index in [1.807, 2.05) is 0 Å². The second-order valence-corrected chi connectivity index (χ2v) is 4.54. The summed E-state index contributed by atoms with van der Waals surface area (Å²) in [6.07, 6.45) is 2.16. The van der Waals surface area contributed by atoms with Crippen molar-refractivity contribution < 1.29 is 14.2 Å². The van der Waals surface area contributed by atoms with Gasteiger partial charge in [-0.3, -0.25) is 4.90 Å². The van der Waals surface area contributed by atoms with E-state index in [1.165, 1.54) is 6.42 Å². The van der Waals surface area contributed by atoms with E-state index >= 15 is 0 Å². The van der Waals surface area contributed by atoms with Gasteiger partial charge in [-0.1, -0.05) is 0 Å². The van der Waals surface area contributed by atoms with Crippen LogP contribution in [0.5, 0.6) is 0 Å². The van der Waals surface area contributed by atoms with E-state index in [1.54, 1.807) is 0 Å². The molecule has 0 spiro atoms. The minimum Gasteiger partial charge on any atom is -0.379 e. The molecule has 2 fully saturated rings. The van der Waals surface area contributed by atoms with E-state index in [-0.39, 0.29) is 6.29 Å². The van der Waals surface area contributed by atoms with Crippen LogP contribution in [0.2, 0.25) is 0 Å². The molecule has 2 rings (SSSR count). The molecular weight excluding hydrogens is 220 g/mol. The second-order valence-electron chi connectivity index (χ2n) is 4.54. The van der Waals surface area contributed by atoms with Gasteiger partial charge < -0.3 is 19.5 Å². The van der Waals surface area contributed by atoms with Crippen molar-refractivity contribution in [2.75, 3.05) is 59.2 Å². The third-order valence-corrected chi connectivity index (χ3v) is 3.14. The molecule has 0 radical (unpaired) electrons. The molecule has 17 heavy (non-hydrogen) atoms. The maximum absolute atomic E-state index is 5.46. The summed E-state index contributed by atoms with van der Waals surface area (Å²) in [7, 11) is 0. The third-order valence-electron chi connectivity index (χ3n) is 3.14. The molecule has 1 N–H and O–H groups in total. The fourth-order valence-corrected chi connectivity index (χ4v) is 2.13. The van der Waals surface area contributed by atoms with Gasteiger partial charge in [0.05, 0.1) is 26.4 Å². The van der Waals surface area contributed by atoms with Crippen LogP contribution in [-0.2, 0) is 14.2 Å². The van der Waals surface area contributed by atoms with E-state index in [2.05, 4.69) is 10.2 Å². The van der Waals surface area contributed by atoms with Crippen LogP contribution < -0.4 is 5.32 Å². The van der Waals surface area contributed by atoms with Crippen molar-refractivity contribution in [2.24, 2.45) is 0 Å². The van der Waals surface area contributed by atoms with Crippen molar-refractivity contribution in [3.05, 3.63) is 0 Å². The molecule has 2 heterocycles. The first-order valence-corrected chi connectivity index (χ1v) is 6.69. The number of hydrogen-bond acceptors (Lipinski definition) is 5. The Morgan fingerprint density at radius 2 is 1.82 bits per heavy atom. The zero-order valence-corrected chi connectivity index (χ0v) is 10.5. The Morgan fingerprint density at radius 1 is 1.06 bits per heavy atom. The maximum atomic E-state index is 5.46. The van der Waals surface area contributed by atoms with Gasteiger partial charge in [-0.25, -0.2) is 0 Å². The summed E-state index contributed by atoms with van der Waals surface area (Å²) in [6.45, 7) is 8.59. The lowest BCUT2D eigenvalue weighted by Gasteiger charge is -2.27. The smallest absolute Gasteiger partial charge is 0.169 e. The van der Waals surface area contributed by atoms with Crippen LogP contribution in [0.4, 0.5) is 0 Å². The summed E-state index contributed by atoms with van der Waals surface area (Å²) in [6, 6.07) is 0. The quantitative estimate of drug-likeness (QED) is 0.669. The predicted octanol–water partition coefficient (Wildman–Crippen LogP) is 0.0613. The molecule has 0 unspecified atom stereocenters. The Balaban J connectivity index is 1.42. The maximum Gasteiger partial charge on any atom is 0.169 e. The minimum absolute atomic E-state index is 0.0351. The first-order chi connectivity index (χ1) is 8.45. The number of rotatable bonds is 6. The molecule has 0 aromatic carbocycles. The van der Waals surface area contributed by atoms with Gasteiger partial charge in [0, 0.05) is 19.6 Å². The molecule has 2 aliphatic heterocycles. The summed E-state index contributed by atoms with van der Waals surface area (Å²) in [5.41, 5.74) is 0. The Morgan fingerprint density at radius 3 is 2.59 bits per heavy atom. The van der Waals surface area contributed by atoms with Gasteiger partial charge in [0.25, 0.3) is 0 Å². The second kappa shape index (κ2) is 8.00. The molecule has 0 bridgehead atoms. The first-order valence-electron chi connectivity index (χ1n) is 6.69. The van der Waals surface area contributed by atoms with Crippen molar-refractivity contribution in [3.8, 4) is 0 Å². The van der Waals surface area contributed by atoms with Crippen molar-refractivity contribution in [1.29, 1.82) is 0 Å². The highest BCUT2D eigenvalue weighted by molar-refractivity contribution is 4.63. The van der Waals surface area contributed by atoms with Crippen LogP contribution in [-0.4, -0.2) is 70.3 Å². The van der Waals surface area contributed by atoms with Gasteiger partial charge in [0.2, 0.25) is 0 Å². The molecule has 5 heteroatoms. The van der Waals surface area contributed by atoms with Gasteiger partial charge in [0.15, 0.2) is 6.29 Å². The Bertz CT molecular complexity index is 172. The van der Waals surface area contributed by atoms with Gasteiger partial charge >= 0.3 is 0 Å². The largest absolute Gasteiger partial charge is 0.379 e. The zero-order chi connectivity index (χ0) is 11.8. The van der Waals surface area contributed by atoms with Crippen LogP contribution in [0.3, 0.4) is 0 Å². The molecule has 0 atom stereocenters. The van der Waals surface area contributed by atoms with Crippen LogP contribution in [0.1, 0.15) is 12.8 Å². The normalized spacial score (nSPS) is 24.0. The van der Waals surface area contributed by atoms with Crippen LogP contribution >= 0.6 is 0 Å². The van der Waals surface area contributed by atoms with Crippen molar-refractivity contribution in [2.45, 2.75) is 19.1 Å². The Kier molecular flexibility index (Phi) is 6.23. The lowest BCUT2D eigenvalue weighted by molar-refractivity contribution is -0.175. The Hall–Kier alpha value is -0.200. The standard InChI is InChI=1S/C12H24N2O3/c1(4-14-5-9-15-10-6-14)3-13-11-12-16-7-2-8-17-12/h12-13H,1-11H2. The lowest BCUT2D eigenvalue weighted by atomic mass is 10.3. The van der Waals surface area contributed by atoms with Crippen molar-refractivity contribution >= 4 is 0 Å². The summed E-state index contributed by atoms with van der Waals surface area (Å²) < 4.78 is 16.2. The van der Waals surface area contributed by atoms with Crippen LogP contribution in [0, 0.1) is 0 Å². The number of ether oxygens (including phenoxy) is 3. The molecule has 100 valence electrons. The number of nitrogens with zero attached hydrogens (tertiary/aromatic N) is 1. The fourth-order valence-electron chi connectivity index (χ4n) is 2.13. The number of nitrogens with one attached hydrogen (secondary N) is 1. The first kappa shape index (κ1) is 13.2. The average Bonchev–Trinajstić information content (AvgIpc) is 2.41. The lowest BCUT2D eigenvalue weighted by Crippen LogP contribution is -2.39. The summed E-state index contributed by atoms with van der Waals surface area (Å²) in [5.74, 6) is 0. The van der Waals surface area contributed by atoms with E-state index in [0.717, 1.165) is 65.6 Å². The van der Waals surface area contributed by atoms with E-state index in [9.17, 15) is 0 Å².